The predicted molar refractivity (Wildman–Crippen MR) is 58.8 cm³/mol. The molecule has 0 unspecified atom stereocenters. The van der Waals surface area contributed by atoms with Crippen LogP contribution in [0.2, 0.25) is 0 Å². The van der Waals surface area contributed by atoms with E-state index in [1.54, 1.807) is 6.07 Å². The quantitative estimate of drug-likeness (QED) is 0.839. The fourth-order valence-electron chi connectivity index (χ4n) is 1.11. The van der Waals surface area contributed by atoms with E-state index in [0.29, 0.717) is 12.3 Å². The lowest BCUT2D eigenvalue weighted by atomic mass is 10.1. The van der Waals surface area contributed by atoms with Crippen molar-refractivity contribution in [2.24, 2.45) is 0 Å². The molecule has 0 aliphatic carbocycles. The van der Waals surface area contributed by atoms with Gasteiger partial charge in [0.15, 0.2) is 5.76 Å². The highest BCUT2D eigenvalue weighted by Gasteiger charge is 2.11. The Labute approximate surface area is 99.3 Å². The maximum Gasteiger partial charge on any atom is 0.261 e. The normalized spacial score (nSPS) is 12.4. The average Bonchev–Trinajstić information content (AvgIpc) is 2.61. The molecule has 0 aliphatic heterocycles. The minimum absolute atomic E-state index is 0.00864. The van der Waals surface area contributed by atoms with E-state index in [1.165, 1.54) is 0 Å². The number of halogens is 2. The second-order valence-corrected chi connectivity index (χ2v) is 4.79. The van der Waals surface area contributed by atoms with Crippen molar-refractivity contribution in [2.75, 3.05) is 6.61 Å². The van der Waals surface area contributed by atoms with Gasteiger partial charge in [-0.25, -0.2) is 8.78 Å². The van der Waals surface area contributed by atoms with E-state index < -0.39 is 13.0 Å². The van der Waals surface area contributed by atoms with Gasteiger partial charge < -0.3 is 14.6 Å². The van der Waals surface area contributed by atoms with Gasteiger partial charge in [0.05, 0.1) is 5.69 Å². The van der Waals surface area contributed by atoms with Crippen molar-refractivity contribution < 1.29 is 18.0 Å². The smallest absolute Gasteiger partial charge is 0.261 e. The number of ether oxygens (including phenoxy) is 1. The molecule has 4 nitrogen and oxygen atoms in total. The van der Waals surface area contributed by atoms with Gasteiger partial charge in [-0.1, -0.05) is 5.16 Å². The Hall–Kier alpha value is -1.01. The third-order valence-corrected chi connectivity index (χ3v) is 1.90. The number of hydrogen-bond donors (Lipinski definition) is 1. The molecule has 0 spiro atoms. The summed E-state index contributed by atoms with van der Waals surface area (Å²) in [7, 11) is 0. The van der Waals surface area contributed by atoms with Gasteiger partial charge >= 0.3 is 0 Å². The molecule has 6 heteroatoms. The lowest BCUT2D eigenvalue weighted by Gasteiger charge is -2.19. The fraction of sp³-hybridized carbons (Fsp3) is 0.727. The highest BCUT2D eigenvalue weighted by Crippen LogP contribution is 2.08. The van der Waals surface area contributed by atoms with E-state index in [-0.39, 0.29) is 12.1 Å². The molecular formula is C11H18F2N2O2. The Balaban J connectivity index is 2.32. The Morgan fingerprint density at radius 3 is 2.76 bits per heavy atom. The molecule has 0 bridgehead atoms. The summed E-state index contributed by atoms with van der Waals surface area (Å²) in [5.41, 5.74) is 0.723. The van der Waals surface area contributed by atoms with E-state index in [9.17, 15) is 8.78 Å². The van der Waals surface area contributed by atoms with Gasteiger partial charge in [0.1, 0.15) is 13.2 Å². The lowest BCUT2D eigenvalue weighted by Crippen LogP contribution is -2.35. The van der Waals surface area contributed by atoms with Crippen LogP contribution >= 0.6 is 0 Å². The molecule has 0 saturated carbocycles. The van der Waals surface area contributed by atoms with E-state index in [2.05, 4.69) is 10.5 Å². The highest BCUT2D eigenvalue weighted by atomic mass is 19.3. The summed E-state index contributed by atoms with van der Waals surface area (Å²) in [6.07, 6.45) is -2.46. The summed E-state index contributed by atoms with van der Waals surface area (Å²) in [4.78, 5) is 0. The third-order valence-electron chi connectivity index (χ3n) is 1.90. The van der Waals surface area contributed by atoms with Crippen LogP contribution in [0.3, 0.4) is 0 Å². The molecule has 0 saturated heterocycles. The van der Waals surface area contributed by atoms with Crippen LogP contribution in [0.25, 0.3) is 0 Å². The van der Waals surface area contributed by atoms with E-state index in [1.807, 2.05) is 20.8 Å². The molecule has 1 rings (SSSR count). The number of aromatic nitrogens is 1. The molecule has 0 aromatic carbocycles. The monoisotopic (exact) mass is 248 g/mol. The highest BCUT2D eigenvalue weighted by molar-refractivity contribution is 5.04. The first-order valence-electron chi connectivity index (χ1n) is 5.42. The molecule has 0 atom stereocenters. The molecule has 1 heterocycles. The molecule has 0 aliphatic rings. The Morgan fingerprint density at radius 2 is 2.18 bits per heavy atom. The molecule has 0 radical (unpaired) electrons. The number of hydrogen-bond acceptors (Lipinski definition) is 4. The van der Waals surface area contributed by atoms with Gasteiger partial charge in [0, 0.05) is 18.2 Å². The second-order valence-electron chi connectivity index (χ2n) is 4.79. The fourth-order valence-corrected chi connectivity index (χ4v) is 1.11. The summed E-state index contributed by atoms with van der Waals surface area (Å²) in [5.74, 6) is 0.455. The average molecular weight is 248 g/mol. The molecule has 17 heavy (non-hydrogen) atoms. The zero-order valence-corrected chi connectivity index (χ0v) is 10.3. The standard InChI is InChI=1S/C11H18F2N2O2/c1-11(2,3)14-5-8-4-9(17-15-8)6-16-7-10(12)13/h4,10,14H,5-7H2,1-3H3. The molecule has 1 aromatic rings. The largest absolute Gasteiger partial charge is 0.367 e. The summed E-state index contributed by atoms with van der Waals surface area (Å²) < 4.78 is 33.3. The van der Waals surface area contributed by atoms with Crippen molar-refractivity contribution in [1.29, 1.82) is 0 Å². The second kappa shape index (κ2) is 6.07. The van der Waals surface area contributed by atoms with Crippen molar-refractivity contribution in [3.05, 3.63) is 17.5 Å². The van der Waals surface area contributed by atoms with Crippen molar-refractivity contribution in [2.45, 2.75) is 45.9 Å². The summed E-state index contributed by atoms with van der Waals surface area (Å²) in [6.45, 7) is 6.13. The van der Waals surface area contributed by atoms with Gasteiger partial charge in [-0.3, -0.25) is 0 Å². The Bertz CT molecular complexity index is 334. The maximum absolute atomic E-state index is 11.8. The van der Waals surface area contributed by atoms with Gasteiger partial charge in [-0.15, -0.1) is 0 Å². The first-order chi connectivity index (χ1) is 7.87. The molecule has 1 aromatic heterocycles. The number of nitrogens with zero attached hydrogens (tertiary/aromatic N) is 1. The third kappa shape index (κ3) is 6.33. The topological polar surface area (TPSA) is 47.3 Å². The van der Waals surface area contributed by atoms with Crippen molar-refractivity contribution in [3.8, 4) is 0 Å². The van der Waals surface area contributed by atoms with Crippen LogP contribution in [-0.2, 0) is 17.9 Å². The van der Waals surface area contributed by atoms with Crippen LogP contribution in [0.15, 0.2) is 10.6 Å². The van der Waals surface area contributed by atoms with Gasteiger partial charge in [-0.2, -0.15) is 0 Å². The van der Waals surface area contributed by atoms with Crippen LogP contribution in [0.5, 0.6) is 0 Å². The summed E-state index contributed by atoms with van der Waals surface area (Å²) in [6, 6.07) is 1.70. The van der Waals surface area contributed by atoms with Gasteiger partial charge in [0.2, 0.25) is 0 Å². The summed E-state index contributed by atoms with van der Waals surface area (Å²) >= 11 is 0. The van der Waals surface area contributed by atoms with Crippen molar-refractivity contribution >= 4 is 0 Å². The van der Waals surface area contributed by atoms with Crippen LogP contribution in [0.1, 0.15) is 32.2 Å². The minimum atomic E-state index is -2.46. The van der Waals surface area contributed by atoms with Crippen LogP contribution in [0, 0.1) is 0 Å². The molecule has 0 fully saturated rings. The SMILES string of the molecule is CC(C)(C)NCc1cc(COCC(F)F)on1. The first kappa shape index (κ1) is 14.1. The zero-order valence-electron chi connectivity index (χ0n) is 10.3. The van der Waals surface area contributed by atoms with E-state index in [0.717, 1.165) is 5.69 Å². The molecular weight excluding hydrogens is 230 g/mol. The van der Waals surface area contributed by atoms with Crippen molar-refractivity contribution in [3.63, 3.8) is 0 Å². The number of alkyl halides is 2. The van der Waals surface area contributed by atoms with Crippen LogP contribution in [-0.4, -0.2) is 23.7 Å². The molecule has 98 valence electrons. The van der Waals surface area contributed by atoms with Gasteiger partial charge in [0.25, 0.3) is 6.43 Å². The van der Waals surface area contributed by atoms with Crippen molar-refractivity contribution in [1.82, 2.24) is 10.5 Å². The molecule has 0 amide bonds. The lowest BCUT2D eigenvalue weighted by molar-refractivity contribution is 0.00311. The number of nitrogens with one attached hydrogen (secondary N) is 1. The number of rotatable bonds is 6. The minimum Gasteiger partial charge on any atom is -0.367 e. The van der Waals surface area contributed by atoms with Gasteiger partial charge in [-0.05, 0) is 20.8 Å². The van der Waals surface area contributed by atoms with E-state index in [4.69, 9.17) is 9.26 Å². The van der Waals surface area contributed by atoms with Crippen LogP contribution < -0.4 is 5.32 Å². The van der Waals surface area contributed by atoms with E-state index >= 15 is 0 Å². The molecule has 1 N–H and O–H groups in total. The Morgan fingerprint density at radius 1 is 1.47 bits per heavy atom. The first-order valence-corrected chi connectivity index (χ1v) is 5.42. The Kier molecular flexibility index (Phi) is 5.02. The zero-order chi connectivity index (χ0) is 12.9. The predicted octanol–water partition coefficient (Wildman–Crippen LogP) is 2.34. The van der Waals surface area contributed by atoms with Crippen LogP contribution in [0.4, 0.5) is 8.78 Å². The maximum atomic E-state index is 11.8. The summed E-state index contributed by atoms with van der Waals surface area (Å²) in [5, 5.41) is 7.05.